The first-order valence-corrected chi connectivity index (χ1v) is 8.45. The maximum atomic E-state index is 11.7. The first-order chi connectivity index (χ1) is 12.3. The van der Waals surface area contributed by atoms with E-state index < -0.39 is 0 Å². The fraction of sp³-hybridized carbons (Fsp3) is 0.211. The van der Waals surface area contributed by atoms with E-state index in [1.165, 1.54) is 5.69 Å². The van der Waals surface area contributed by atoms with Crippen LogP contribution in [0.3, 0.4) is 0 Å². The number of fused-ring (bicyclic) bond motifs is 3. The van der Waals surface area contributed by atoms with Gasteiger partial charge in [0.25, 0.3) is 0 Å². The van der Waals surface area contributed by atoms with Crippen LogP contribution in [0.5, 0.6) is 0 Å². The fourth-order valence-electron chi connectivity index (χ4n) is 3.72. The van der Waals surface area contributed by atoms with E-state index in [1.807, 2.05) is 24.4 Å². The smallest absolute Gasteiger partial charge is 0.214 e. The third-order valence-electron chi connectivity index (χ3n) is 4.96. The molecule has 0 aliphatic carbocycles. The Morgan fingerprint density at radius 2 is 2.20 bits per heavy atom. The van der Waals surface area contributed by atoms with Crippen LogP contribution in [0.4, 0.5) is 17.2 Å². The zero-order chi connectivity index (χ0) is 16.8. The van der Waals surface area contributed by atoms with Crippen molar-refractivity contribution in [3.8, 4) is 11.1 Å². The Hall–Kier alpha value is -3.15. The summed E-state index contributed by atoms with van der Waals surface area (Å²) in [5.74, 6) is 0.798. The summed E-state index contributed by atoms with van der Waals surface area (Å²) in [6.07, 6.45) is 6.77. The fourth-order valence-corrected chi connectivity index (χ4v) is 3.72. The molecule has 25 heavy (non-hydrogen) atoms. The summed E-state index contributed by atoms with van der Waals surface area (Å²) in [7, 11) is 0. The Balaban J connectivity index is 1.62. The molecule has 3 aromatic rings. The molecule has 1 N–H and O–H groups in total. The van der Waals surface area contributed by atoms with Gasteiger partial charge in [0.05, 0.1) is 24.1 Å². The van der Waals surface area contributed by atoms with Crippen molar-refractivity contribution in [3.63, 3.8) is 0 Å². The second-order valence-electron chi connectivity index (χ2n) is 6.43. The second kappa shape index (κ2) is 5.44. The molecule has 0 spiro atoms. The Kier molecular flexibility index (Phi) is 3.09. The van der Waals surface area contributed by atoms with Crippen molar-refractivity contribution in [2.75, 3.05) is 10.2 Å². The molecule has 2 aliphatic heterocycles. The van der Waals surface area contributed by atoms with Crippen LogP contribution in [0.15, 0.2) is 42.7 Å². The first-order valence-electron chi connectivity index (χ1n) is 8.45. The van der Waals surface area contributed by atoms with Crippen molar-refractivity contribution in [3.05, 3.63) is 54.0 Å². The highest BCUT2D eigenvalue weighted by atomic mass is 16.1. The molecule has 2 aliphatic rings. The highest BCUT2D eigenvalue weighted by Crippen LogP contribution is 2.38. The molecule has 6 heteroatoms. The van der Waals surface area contributed by atoms with Crippen LogP contribution in [0, 0.1) is 0 Å². The molecule has 1 aromatic carbocycles. The highest BCUT2D eigenvalue weighted by molar-refractivity contribution is 5.90. The molecule has 5 rings (SSSR count). The zero-order valence-electron chi connectivity index (χ0n) is 13.6. The lowest BCUT2D eigenvalue weighted by molar-refractivity contribution is -0.107. The minimum absolute atomic E-state index is 0.502. The second-order valence-corrected chi connectivity index (χ2v) is 6.43. The number of amides is 1. The lowest BCUT2D eigenvalue weighted by atomic mass is 10.0. The van der Waals surface area contributed by atoms with E-state index in [9.17, 15) is 4.79 Å². The van der Waals surface area contributed by atoms with E-state index >= 15 is 0 Å². The molecule has 4 heterocycles. The van der Waals surface area contributed by atoms with Crippen molar-refractivity contribution in [1.82, 2.24) is 14.8 Å². The van der Waals surface area contributed by atoms with E-state index in [1.54, 1.807) is 11.1 Å². The number of hydrogen-bond acceptors (Lipinski definition) is 4. The van der Waals surface area contributed by atoms with Gasteiger partial charge in [-0.05, 0) is 36.6 Å². The van der Waals surface area contributed by atoms with Crippen molar-refractivity contribution in [1.29, 1.82) is 0 Å². The summed E-state index contributed by atoms with van der Waals surface area (Å²) in [5, 5.41) is 7.84. The van der Waals surface area contributed by atoms with Gasteiger partial charge in [0, 0.05) is 29.6 Å². The minimum atomic E-state index is 0.502. The molecule has 0 fully saturated rings. The van der Waals surface area contributed by atoms with Crippen molar-refractivity contribution in [2.24, 2.45) is 0 Å². The van der Waals surface area contributed by atoms with E-state index in [-0.39, 0.29) is 0 Å². The van der Waals surface area contributed by atoms with Crippen LogP contribution in [0.25, 0.3) is 11.1 Å². The Morgan fingerprint density at radius 3 is 3.12 bits per heavy atom. The Labute approximate surface area is 145 Å². The quantitative estimate of drug-likeness (QED) is 0.733. The molecular weight excluding hydrogens is 314 g/mol. The Morgan fingerprint density at radius 1 is 1.24 bits per heavy atom. The lowest BCUT2D eigenvalue weighted by Gasteiger charge is -2.18. The summed E-state index contributed by atoms with van der Waals surface area (Å²) in [6.45, 7) is 1.49. The third kappa shape index (κ3) is 2.21. The average Bonchev–Trinajstić information content (AvgIpc) is 3.21. The number of carbonyl (C=O) groups is 1. The lowest BCUT2D eigenvalue weighted by Crippen LogP contribution is -2.19. The molecule has 0 radical (unpaired) electrons. The van der Waals surface area contributed by atoms with Crippen molar-refractivity contribution in [2.45, 2.75) is 25.9 Å². The maximum Gasteiger partial charge on any atom is 0.214 e. The molecule has 0 unspecified atom stereocenters. The molecule has 0 saturated carbocycles. The zero-order valence-corrected chi connectivity index (χ0v) is 13.6. The SMILES string of the molecule is O=CN1Cc2cccnc2Nc2ccc(-c3cnn4c3CCC4)cc21. The van der Waals surface area contributed by atoms with E-state index in [0.717, 1.165) is 59.7 Å². The molecule has 2 aromatic heterocycles. The average molecular weight is 331 g/mol. The Bertz CT molecular complexity index is 978. The third-order valence-corrected chi connectivity index (χ3v) is 4.96. The van der Waals surface area contributed by atoms with Crippen molar-refractivity contribution < 1.29 is 4.79 Å². The molecule has 1 amide bonds. The number of aryl methyl sites for hydroxylation is 1. The molecule has 124 valence electrons. The molecule has 0 atom stereocenters. The molecule has 0 saturated heterocycles. The normalized spacial score (nSPS) is 15.0. The van der Waals surface area contributed by atoms with Gasteiger partial charge in [-0.3, -0.25) is 9.48 Å². The van der Waals surface area contributed by atoms with Gasteiger partial charge < -0.3 is 10.2 Å². The number of carbonyl (C=O) groups excluding carboxylic acids is 1. The van der Waals surface area contributed by atoms with Gasteiger partial charge in [-0.1, -0.05) is 12.1 Å². The van der Waals surface area contributed by atoms with Gasteiger partial charge in [0.1, 0.15) is 5.82 Å². The van der Waals surface area contributed by atoms with Crippen LogP contribution < -0.4 is 10.2 Å². The van der Waals surface area contributed by atoms with E-state index in [2.05, 4.69) is 32.2 Å². The summed E-state index contributed by atoms with van der Waals surface area (Å²) in [5.41, 5.74) is 6.28. The molecule has 6 nitrogen and oxygen atoms in total. The summed E-state index contributed by atoms with van der Waals surface area (Å²) < 4.78 is 2.08. The van der Waals surface area contributed by atoms with Gasteiger partial charge in [0.2, 0.25) is 6.41 Å². The number of nitrogens with zero attached hydrogens (tertiary/aromatic N) is 4. The van der Waals surface area contributed by atoms with Crippen LogP contribution in [0.2, 0.25) is 0 Å². The maximum absolute atomic E-state index is 11.7. The number of nitrogens with one attached hydrogen (secondary N) is 1. The predicted octanol–water partition coefficient (Wildman–Crippen LogP) is 3.11. The number of pyridine rings is 1. The van der Waals surface area contributed by atoms with Crippen molar-refractivity contribution >= 4 is 23.6 Å². The predicted molar refractivity (Wildman–Crippen MR) is 95.8 cm³/mol. The molecular formula is C19H17N5O. The van der Waals surface area contributed by atoms with Gasteiger partial charge in [-0.2, -0.15) is 5.10 Å². The first kappa shape index (κ1) is 14.2. The highest BCUT2D eigenvalue weighted by Gasteiger charge is 2.22. The van der Waals surface area contributed by atoms with Gasteiger partial charge >= 0.3 is 0 Å². The summed E-state index contributed by atoms with van der Waals surface area (Å²) in [6, 6.07) is 10.0. The van der Waals surface area contributed by atoms with Gasteiger partial charge in [-0.25, -0.2) is 4.98 Å². The van der Waals surface area contributed by atoms with Crippen LogP contribution in [-0.4, -0.2) is 21.2 Å². The monoisotopic (exact) mass is 331 g/mol. The summed E-state index contributed by atoms with van der Waals surface area (Å²) in [4.78, 5) is 17.9. The minimum Gasteiger partial charge on any atom is -0.338 e. The van der Waals surface area contributed by atoms with Gasteiger partial charge in [-0.15, -0.1) is 0 Å². The van der Waals surface area contributed by atoms with Crippen LogP contribution in [-0.2, 0) is 24.3 Å². The standard InChI is InChI=1S/C19H17N5O/c25-12-23-11-14-3-1-7-20-19(14)22-16-6-5-13(9-18(16)23)15-10-21-24-8-2-4-17(15)24/h1,3,5-7,9-10,12H,2,4,8,11H2,(H,20,22). The number of rotatable bonds is 2. The number of hydrogen-bond donors (Lipinski definition) is 1. The molecule has 0 bridgehead atoms. The van der Waals surface area contributed by atoms with E-state index in [0.29, 0.717) is 6.54 Å². The van der Waals surface area contributed by atoms with E-state index in [4.69, 9.17) is 0 Å². The van der Waals surface area contributed by atoms with Gasteiger partial charge in [0.15, 0.2) is 0 Å². The number of anilines is 3. The van der Waals surface area contributed by atoms with Crippen LogP contribution >= 0.6 is 0 Å². The summed E-state index contributed by atoms with van der Waals surface area (Å²) >= 11 is 0. The topological polar surface area (TPSA) is 63.1 Å². The largest absolute Gasteiger partial charge is 0.338 e. The van der Waals surface area contributed by atoms with Crippen LogP contribution in [0.1, 0.15) is 17.7 Å². The number of aromatic nitrogens is 3. The number of benzene rings is 1.